The molecule has 2 N–H and O–H groups in total. The van der Waals surface area contributed by atoms with E-state index in [9.17, 15) is 13.2 Å². The first-order chi connectivity index (χ1) is 12.8. The maximum Gasteiger partial charge on any atom is 0.344 e. The van der Waals surface area contributed by atoms with Crippen LogP contribution in [-0.2, 0) is 10.0 Å². The monoisotopic (exact) mass is 451 g/mol. The minimum Gasteiger partial charge on any atom is -0.497 e. The van der Waals surface area contributed by atoms with Gasteiger partial charge in [-0.3, -0.25) is 0 Å². The molecular weight excluding hydrogens is 438 g/mol. The fraction of sp³-hybridized carbons (Fsp3) is 0.0588. The van der Waals surface area contributed by atoms with E-state index in [0.717, 1.165) is 6.07 Å². The van der Waals surface area contributed by atoms with Gasteiger partial charge >= 0.3 is 5.97 Å². The first-order valence-electron chi connectivity index (χ1n) is 7.54. The topological polar surface area (TPSA) is 114 Å². The molecule has 0 bridgehead atoms. The predicted octanol–water partition coefficient (Wildman–Crippen LogP) is 2.69. The second-order valence-corrected chi connectivity index (χ2v) is 8.01. The van der Waals surface area contributed by atoms with Crippen LogP contribution in [0.15, 0.2) is 64.0 Å². The molecule has 10 heteroatoms. The van der Waals surface area contributed by atoms with Crippen molar-refractivity contribution in [2.24, 2.45) is 0 Å². The van der Waals surface area contributed by atoms with Crippen LogP contribution in [0, 0.1) is 0 Å². The minimum atomic E-state index is -4.05. The summed E-state index contributed by atoms with van der Waals surface area (Å²) < 4.78 is 36.8. The van der Waals surface area contributed by atoms with Crippen LogP contribution in [0.3, 0.4) is 0 Å². The third-order valence-electron chi connectivity index (χ3n) is 3.52. The number of methoxy groups -OCH3 is 1. The molecule has 0 aliphatic rings. The van der Waals surface area contributed by atoms with Gasteiger partial charge in [-0.25, -0.2) is 4.79 Å². The number of hydrogen-bond donors (Lipinski definition) is 1. The molecule has 3 rings (SSSR count). The maximum atomic E-state index is 12.7. The van der Waals surface area contributed by atoms with E-state index in [0.29, 0.717) is 14.3 Å². The average Bonchev–Trinajstić information content (AvgIpc) is 3.02. The second kappa shape index (κ2) is 7.41. The molecular formula is C17H14BrN3O5S. The fourth-order valence-corrected chi connectivity index (χ4v) is 3.81. The first-order valence-corrected chi connectivity index (χ1v) is 9.77. The lowest BCUT2D eigenvalue weighted by atomic mass is 10.2. The number of rotatable bonds is 5. The van der Waals surface area contributed by atoms with Gasteiger partial charge in [0.1, 0.15) is 11.6 Å². The summed E-state index contributed by atoms with van der Waals surface area (Å²) >= 11 is 3.26. The van der Waals surface area contributed by atoms with Crippen molar-refractivity contribution in [2.45, 2.75) is 4.90 Å². The SMILES string of the molecule is COc1ccc(S(=O)(=O)n2nc(OC(=O)c3cccc(Br)c3)cc2N)cc1. The van der Waals surface area contributed by atoms with Gasteiger partial charge in [-0.05, 0) is 42.5 Å². The number of anilines is 1. The molecule has 0 saturated heterocycles. The Morgan fingerprint density at radius 3 is 2.48 bits per heavy atom. The van der Waals surface area contributed by atoms with Crippen LogP contribution in [0.2, 0.25) is 0 Å². The van der Waals surface area contributed by atoms with E-state index in [4.69, 9.17) is 15.2 Å². The number of nitrogens with zero attached hydrogens (tertiary/aromatic N) is 2. The standard InChI is InChI=1S/C17H14BrN3O5S/c1-25-13-5-7-14(8-6-13)27(23,24)21-15(19)10-16(20-21)26-17(22)11-3-2-4-12(18)9-11/h2-10H,19H2,1H3. The number of aromatic nitrogens is 2. The lowest BCUT2D eigenvalue weighted by Crippen LogP contribution is -2.17. The highest BCUT2D eigenvalue weighted by molar-refractivity contribution is 9.10. The van der Waals surface area contributed by atoms with E-state index in [2.05, 4.69) is 21.0 Å². The number of nitrogens with two attached hydrogens (primary N) is 1. The van der Waals surface area contributed by atoms with Crippen molar-refractivity contribution >= 4 is 37.7 Å². The van der Waals surface area contributed by atoms with E-state index >= 15 is 0 Å². The summed E-state index contributed by atoms with van der Waals surface area (Å²) in [6.07, 6.45) is 0. The molecule has 8 nitrogen and oxygen atoms in total. The van der Waals surface area contributed by atoms with Crippen molar-refractivity contribution in [1.82, 2.24) is 9.19 Å². The predicted molar refractivity (Wildman–Crippen MR) is 101 cm³/mol. The molecule has 140 valence electrons. The molecule has 1 aromatic heterocycles. The number of benzene rings is 2. The summed E-state index contributed by atoms with van der Waals surface area (Å²) in [5, 5.41) is 3.81. The molecule has 0 fully saturated rings. The molecule has 3 aromatic rings. The number of carbonyl (C=O) groups excluding carboxylic acids is 1. The van der Waals surface area contributed by atoms with Gasteiger partial charge in [0, 0.05) is 10.5 Å². The Morgan fingerprint density at radius 1 is 1.15 bits per heavy atom. The lowest BCUT2D eigenvalue weighted by Gasteiger charge is -2.07. The summed E-state index contributed by atoms with van der Waals surface area (Å²) in [7, 11) is -2.58. The van der Waals surface area contributed by atoms with Crippen molar-refractivity contribution in [1.29, 1.82) is 0 Å². The molecule has 0 atom stereocenters. The van der Waals surface area contributed by atoms with Crippen LogP contribution < -0.4 is 15.2 Å². The van der Waals surface area contributed by atoms with E-state index < -0.39 is 16.0 Å². The van der Waals surface area contributed by atoms with Crippen molar-refractivity contribution < 1.29 is 22.7 Å². The average molecular weight is 452 g/mol. The molecule has 0 aliphatic carbocycles. The smallest absolute Gasteiger partial charge is 0.344 e. The number of carbonyl (C=O) groups is 1. The van der Waals surface area contributed by atoms with Crippen LogP contribution in [0.5, 0.6) is 11.6 Å². The molecule has 2 aromatic carbocycles. The quantitative estimate of drug-likeness (QED) is 0.592. The molecule has 0 unspecified atom stereocenters. The van der Waals surface area contributed by atoms with Gasteiger partial charge in [-0.15, -0.1) is 9.19 Å². The summed E-state index contributed by atoms with van der Waals surface area (Å²) in [5.74, 6) is -0.605. The number of hydrogen-bond acceptors (Lipinski definition) is 7. The highest BCUT2D eigenvalue weighted by Crippen LogP contribution is 2.23. The highest BCUT2D eigenvalue weighted by atomic mass is 79.9. The van der Waals surface area contributed by atoms with E-state index in [1.165, 1.54) is 31.4 Å². The molecule has 0 amide bonds. The van der Waals surface area contributed by atoms with E-state index in [1.807, 2.05) is 0 Å². The van der Waals surface area contributed by atoms with E-state index in [-0.39, 0.29) is 22.2 Å². The van der Waals surface area contributed by atoms with Crippen LogP contribution in [0.25, 0.3) is 0 Å². The summed E-state index contributed by atoms with van der Waals surface area (Å²) in [6, 6.07) is 13.4. The zero-order valence-electron chi connectivity index (χ0n) is 14.0. The van der Waals surface area contributed by atoms with E-state index in [1.54, 1.807) is 24.3 Å². The normalized spacial score (nSPS) is 11.2. The van der Waals surface area contributed by atoms with Gasteiger partial charge in [0.2, 0.25) is 5.88 Å². The van der Waals surface area contributed by atoms with Crippen molar-refractivity contribution in [3.8, 4) is 11.6 Å². The summed E-state index contributed by atoms with van der Waals surface area (Å²) in [5.41, 5.74) is 6.03. The van der Waals surface area contributed by atoms with Gasteiger partial charge in [-0.1, -0.05) is 22.0 Å². The minimum absolute atomic E-state index is 0.0389. The van der Waals surface area contributed by atoms with Crippen molar-refractivity contribution in [2.75, 3.05) is 12.8 Å². The Labute approximate surface area is 163 Å². The van der Waals surface area contributed by atoms with Gasteiger partial charge < -0.3 is 15.2 Å². The Kier molecular flexibility index (Phi) is 5.19. The number of esters is 1. The van der Waals surface area contributed by atoms with Gasteiger partial charge in [-0.2, -0.15) is 8.42 Å². The third-order valence-corrected chi connectivity index (χ3v) is 5.63. The van der Waals surface area contributed by atoms with Gasteiger partial charge in [0.25, 0.3) is 10.0 Å². The molecule has 0 aliphatic heterocycles. The van der Waals surface area contributed by atoms with Gasteiger partial charge in [0.15, 0.2) is 0 Å². The fourth-order valence-electron chi connectivity index (χ4n) is 2.22. The Balaban J connectivity index is 1.88. The van der Waals surface area contributed by atoms with Crippen LogP contribution >= 0.6 is 15.9 Å². The summed E-state index contributed by atoms with van der Waals surface area (Å²) in [4.78, 5) is 12.1. The molecule has 1 heterocycles. The molecule has 0 radical (unpaired) electrons. The Bertz CT molecular complexity index is 1090. The zero-order chi connectivity index (χ0) is 19.6. The zero-order valence-corrected chi connectivity index (χ0v) is 16.4. The lowest BCUT2D eigenvalue weighted by molar-refractivity contribution is 0.0727. The summed E-state index contributed by atoms with van der Waals surface area (Å²) in [6.45, 7) is 0. The van der Waals surface area contributed by atoms with Crippen molar-refractivity contribution in [3.63, 3.8) is 0 Å². The largest absolute Gasteiger partial charge is 0.497 e. The number of halogens is 1. The maximum absolute atomic E-state index is 12.7. The van der Waals surface area contributed by atoms with Gasteiger partial charge in [0.05, 0.1) is 17.6 Å². The van der Waals surface area contributed by atoms with Crippen LogP contribution in [0.1, 0.15) is 10.4 Å². The Hall–Kier alpha value is -2.85. The van der Waals surface area contributed by atoms with Crippen molar-refractivity contribution in [3.05, 3.63) is 64.6 Å². The third kappa shape index (κ3) is 3.96. The number of ether oxygens (including phenoxy) is 2. The Morgan fingerprint density at radius 2 is 1.85 bits per heavy atom. The second-order valence-electron chi connectivity index (χ2n) is 5.33. The molecule has 27 heavy (non-hydrogen) atoms. The highest BCUT2D eigenvalue weighted by Gasteiger charge is 2.23. The first kappa shape index (κ1) is 18.9. The molecule has 0 saturated carbocycles. The number of nitrogen functional groups attached to an aromatic ring is 1. The van der Waals surface area contributed by atoms with Crippen LogP contribution in [0.4, 0.5) is 5.82 Å². The van der Waals surface area contributed by atoms with Crippen LogP contribution in [-0.4, -0.2) is 30.7 Å². The molecule has 0 spiro atoms.